The lowest BCUT2D eigenvalue weighted by Gasteiger charge is -2.34. The maximum absolute atomic E-state index is 12.0. The monoisotopic (exact) mass is 304 g/mol. The number of nitrogens with one attached hydrogen (secondary N) is 1. The van der Waals surface area contributed by atoms with Crippen LogP contribution in [0, 0.1) is 25.2 Å². The number of piperidine rings is 1. The van der Waals surface area contributed by atoms with Crippen LogP contribution in [0.3, 0.4) is 0 Å². The summed E-state index contributed by atoms with van der Waals surface area (Å²) in [5.41, 5.74) is 0.681. The van der Waals surface area contributed by atoms with Crippen molar-refractivity contribution < 1.29 is 4.79 Å². The molecule has 5 nitrogen and oxygen atoms in total. The summed E-state index contributed by atoms with van der Waals surface area (Å²) in [6, 6.07) is 2.04. The lowest BCUT2D eigenvalue weighted by molar-refractivity contribution is -0.128. The van der Waals surface area contributed by atoms with Crippen LogP contribution in [0.4, 0.5) is 5.82 Å². The molecule has 1 amide bonds. The van der Waals surface area contributed by atoms with E-state index in [1.807, 2.05) is 40.7 Å². The number of amides is 1. The number of hydrogen-bond donors (Lipinski definition) is 1. The molecule has 5 heteroatoms. The quantitative estimate of drug-likeness (QED) is 0.932. The van der Waals surface area contributed by atoms with Gasteiger partial charge < -0.3 is 10.2 Å². The van der Waals surface area contributed by atoms with Crippen LogP contribution in [0.2, 0.25) is 0 Å². The molecular weight excluding hydrogens is 276 g/mol. The van der Waals surface area contributed by atoms with Gasteiger partial charge in [0.2, 0.25) is 5.91 Å². The third-order valence-corrected chi connectivity index (χ3v) is 4.03. The first-order valence-corrected chi connectivity index (χ1v) is 8.11. The standard InChI is InChI=1S/C17H28N4O/c1-12-9-15(20-13(2)19-12)21-8-6-7-14(11-21)10-18-16(22)17(3,4)5/h9,14H,6-8,10-11H2,1-5H3,(H,18,22). The fraction of sp³-hybridized carbons (Fsp3) is 0.706. The normalized spacial score (nSPS) is 19.1. The van der Waals surface area contributed by atoms with Gasteiger partial charge in [-0.1, -0.05) is 20.8 Å². The largest absolute Gasteiger partial charge is 0.356 e. The molecule has 2 rings (SSSR count). The van der Waals surface area contributed by atoms with Crippen molar-refractivity contribution in [3.63, 3.8) is 0 Å². The summed E-state index contributed by atoms with van der Waals surface area (Å²) in [6.45, 7) is 12.5. The Morgan fingerprint density at radius 2 is 2.09 bits per heavy atom. The third kappa shape index (κ3) is 4.42. The first kappa shape index (κ1) is 16.7. The van der Waals surface area contributed by atoms with Gasteiger partial charge in [-0.15, -0.1) is 0 Å². The number of carbonyl (C=O) groups is 1. The molecule has 0 bridgehead atoms. The highest BCUT2D eigenvalue weighted by Crippen LogP contribution is 2.22. The second kappa shape index (κ2) is 6.63. The molecule has 0 spiro atoms. The van der Waals surface area contributed by atoms with Gasteiger partial charge in [0, 0.05) is 36.8 Å². The first-order chi connectivity index (χ1) is 10.3. The van der Waals surface area contributed by atoms with E-state index in [4.69, 9.17) is 0 Å². The summed E-state index contributed by atoms with van der Waals surface area (Å²) in [5, 5.41) is 3.09. The van der Waals surface area contributed by atoms with E-state index in [0.717, 1.165) is 49.8 Å². The van der Waals surface area contributed by atoms with Gasteiger partial charge in [-0.2, -0.15) is 0 Å². The number of carbonyl (C=O) groups excluding carboxylic acids is 1. The minimum absolute atomic E-state index is 0.123. The molecular formula is C17H28N4O. The van der Waals surface area contributed by atoms with Crippen LogP contribution in [-0.4, -0.2) is 35.5 Å². The lowest BCUT2D eigenvalue weighted by Crippen LogP contribution is -2.43. The van der Waals surface area contributed by atoms with E-state index in [0.29, 0.717) is 5.92 Å². The molecule has 22 heavy (non-hydrogen) atoms. The van der Waals surface area contributed by atoms with Crippen LogP contribution in [0.25, 0.3) is 0 Å². The van der Waals surface area contributed by atoms with Crippen molar-refractivity contribution in [3.8, 4) is 0 Å². The number of hydrogen-bond acceptors (Lipinski definition) is 4. The van der Waals surface area contributed by atoms with Crippen LogP contribution >= 0.6 is 0 Å². The van der Waals surface area contributed by atoms with Crippen LogP contribution in [0.15, 0.2) is 6.07 Å². The number of aromatic nitrogens is 2. The number of aryl methyl sites for hydroxylation is 2. The van der Waals surface area contributed by atoms with E-state index in [1.54, 1.807) is 0 Å². The molecule has 1 aromatic rings. The molecule has 1 unspecified atom stereocenters. The van der Waals surface area contributed by atoms with Crippen molar-refractivity contribution >= 4 is 11.7 Å². The Morgan fingerprint density at radius 3 is 2.73 bits per heavy atom. The van der Waals surface area contributed by atoms with Crippen molar-refractivity contribution in [3.05, 3.63) is 17.6 Å². The molecule has 1 aliphatic rings. The summed E-state index contributed by atoms with van der Waals surface area (Å²) >= 11 is 0. The van der Waals surface area contributed by atoms with Crippen LogP contribution in [0.1, 0.15) is 45.1 Å². The molecule has 1 saturated heterocycles. The highest BCUT2D eigenvalue weighted by atomic mass is 16.2. The Hall–Kier alpha value is -1.65. The molecule has 0 saturated carbocycles. The van der Waals surface area contributed by atoms with Gasteiger partial charge in [0.05, 0.1) is 0 Å². The van der Waals surface area contributed by atoms with Gasteiger partial charge >= 0.3 is 0 Å². The average molecular weight is 304 g/mol. The molecule has 122 valence electrons. The molecule has 0 radical (unpaired) electrons. The van der Waals surface area contributed by atoms with Crippen LogP contribution in [0.5, 0.6) is 0 Å². The Bertz CT molecular complexity index is 516. The molecule has 1 N–H and O–H groups in total. The number of rotatable bonds is 3. The fourth-order valence-electron chi connectivity index (χ4n) is 2.80. The Labute approximate surface area is 133 Å². The van der Waals surface area contributed by atoms with Crippen molar-refractivity contribution in [1.82, 2.24) is 15.3 Å². The molecule has 1 atom stereocenters. The summed E-state index contributed by atoms with van der Waals surface area (Å²) in [4.78, 5) is 23.2. The Morgan fingerprint density at radius 1 is 1.36 bits per heavy atom. The zero-order valence-corrected chi connectivity index (χ0v) is 14.4. The van der Waals surface area contributed by atoms with Gasteiger partial charge in [-0.25, -0.2) is 9.97 Å². The van der Waals surface area contributed by atoms with Crippen molar-refractivity contribution in [2.75, 3.05) is 24.5 Å². The van der Waals surface area contributed by atoms with E-state index in [1.165, 1.54) is 0 Å². The average Bonchev–Trinajstić information content (AvgIpc) is 2.43. The van der Waals surface area contributed by atoms with Gasteiger partial charge in [-0.05, 0) is 32.6 Å². The van der Waals surface area contributed by atoms with Gasteiger partial charge in [0.1, 0.15) is 11.6 Å². The minimum Gasteiger partial charge on any atom is -0.356 e. The van der Waals surface area contributed by atoms with E-state index < -0.39 is 0 Å². The minimum atomic E-state index is -0.324. The highest BCUT2D eigenvalue weighted by molar-refractivity contribution is 5.81. The summed E-state index contributed by atoms with van der Waals surface area (Å²) in [6.07, 6.45) is 2.29. The van der Waals surface area contributed by atoms with E-state index in [2.05, 4.69) is 20.2 Å². The zero-order valence-electron chi connectivity index (χ0n) is 14.4. The fourth-order valence-corrected chi connectivity index (χ4v) is 2.80. The maximum atomic E-state index is 12.0. The summed E-state index contributed by atoms with van der Waals surface area (Å²) < 4.78 is 0. The van der Waals surface area contributed by atoms with Gasteiger partial charge in [0.15, 0.2) is 0 Å². The summed E-state index contributed by atoms with van der Waals surface area (Å²) in [7, 11) is 0. The molecule has 1 aromatic heterocycles. The molecule has 0 aliphatic carbocycles. The zero-order chi connectivity index (χ0) is 16.3. The van der Waals surface area contributed by atoms with Crippen LogP contribution < -0.4 is 10.2 Å². The second-order valence-corrected chi connectivity index (χ2v) is 7.33. The Kier molecular flexibility index (Phi) is 5.04. The van der Waals surface area contributed by atoms with Crippen molar-refractivity contribution in [1.29, 1.82) is 0 Å². The Balaban J connectivity index is 1.96. The smallest absolute Gasteiger partial charge is 0.225 e. The van der Waals surface area contributed by atoms with Crippen molar-refractivity contribution in [2.45, 2.75) is 47.5 Å². The van der Waals surface area contributed by atoms with Crippen LogP contribution in [-0.2, 0) is 4.79 Å². The number of nitrogens with zero attached hydrogens (tertiary/aromatic N) is 3. The molecule has 2 heterocycles. The first-order valence-electron chi connectivity index (χ1n) is 8.11. The van der Waals surface area contributed by atoms with E-state index >= 15 is 0 Å². The molecule has 1 fully saturated rings. The molecule has 0 aromatic carbocycles. The SMILES string of the molecule is Cc1cc(N2CCCC(CNC(=O)C(C)(C)C)C2)nc(C)n1. The highest BCUT2D eigenvalue weighted by Gasteiger charge is 2.25. The predicted molar refractivity (Wildman–Crippen MR) is 88.9 cm³/mol. The molecule has 1 aliphatic heterocycles. The van der Waals surface area contributed by atoms with Crippen molar-refractivity contribution in [2.24, 2.45) is 11.3 Å². The van der Waals surface area contributed by atoms with Gasteiger partial charge in [-0.3, -0.25) is 4.79 Å². The lowest BCUT2D eigenvalue weighted by atomic mass is 9.94. The third-order valence-electron chi connectivity index (χ3n) is 4.03. The maximum Gasteiger partial charge on any atom is 0.225 e. The van der Waals surface area contributed by atoms with E-state index in [-0.39, 0.29) is 11.3 Å². The topological polar surface area (TPSA) is 58.1 Å². The predicted octanol–water partition coefficient (Wildman–Crippen LogP) is 2.47. The van der Waals surface area contributed by atoms with E-state index in [9.17, 15) is 4.79 Å². The number of anilines is 1. The second-order valence-electron chi connectivity index (χ2n) is 7.33. The van der Waals surface area contributed by atoms with Gasteiger partial charge in [0.25, 0.3) is 0 Å². The summed E-state index contributed by atoms with van der Waals surface area (Å²) in [5.74, 6) is 2.43.